The monoisotopic (exact) mass is 453 g/mol. The Hall–Kier alpha value is -1.79. The second-order valence-electron chi connectivity index (χ2n) is 4.72. The van der Waals surface area contributed by atoms with E-state index in [0.29, 0.717) is 23.0 Å². The molecular weight excluding hydrogens is 447 g/mol. The van der Waals surface area contributed by atoms with Crippen molar-refractivity contribution in [1.82, 2.24) is 9.78 Å². The van der Waals surface area contributed by atoms with Crippen molar-refractivity contribution in [2.24, 2.45) is 4.99 Å². The van der Waals surface area contributed by atoms with Crippen LogP contribution in [-0.4, -0.2) is 33.0 Å². The topological polar surface area (TPSA) is 56.5 Å². The van der Waals surface area contributed by atoms with Gasteiger partial charge in [0.1, 0.15) is 10.6 Å². The average molecular weight is 454 g/mol. The maximum Gasteiger partial charge on any atom is 0.476 e. The van der Waals surface area contributed by atoms with Gasteiger partial charge in [0.15, 0.2) is 23.0 Å². The molecule has 1 unspecified atom stereocenters. The van der Waals surface area contributed by atoms with E-state index in [1.54, 1.807) is 0 Å². The SMILES string of the molecule is COC=Nc1c(S(=O)C(F)(F)F)cnn1-c1c(Cl)cc(C(F)(F)F)cc1Cl. The van der Waals surface area contributed by atoms with Crippen molar-refractivity contribution in [1.29, 1.82) is 0 Å². The Morgan fingerprint density at radius 2 is 1.74 bits per heavy atom. The molecule has 0 bridgehead atoms. The lowest BCUT2D eigenvalue weighted by Crippen LogP contribution is -2.16. The summed E-state index contributed by atoms with van der Waals surface area (Å²) < 4.78 is 93.7. The van der Waals surface area contributed by atoms with Crippen molar-refractivity contribution in [3.8, 4) is 5.69 Å². The Bertz CT molecular complexity index is 887. The molecule has 27 heavy (non-hydrogen) atoms. The summed E-state index contributed by atoms with van der Waals surface area (Å²) >= 11 is 11.7. The van der Waals surface area contributed by atoms with Crippen LogP contribution in [0.4, 0.5) is 32.2 Å². The van der Waals surface area contributed by atoms with E-state index < -0.39 is 48.8 Å². The first-order valence-electron chi connectivity index (χ1n) is 6.56. The Morgan fingerprint density at radius 3 is 2.19 bits per heavy atom. The standard InChI is InChI=1S/C13H7Cl2F6N3O2S/c1-26-5-22-11-9(27(25)13(19,20)21)4-23-24(11)10-7(14)2-6(3-8(10)15)12(16,17)18/h2-5H,1H3. The third kappa shape index (κ3) is 4.55. The van der Waals surface area contributed by atoms with Gasteiger partial charge in [-0.3, -0.25) is 0 Å². The normalized spacial score (nSPS) is 14.0. The minimum Gasteiger partial charge on any atom is -0.486 e. The van der Waals surface area contributed by atoms with E-state index in [1.165, 1.54) is 0 Å². The van der Waals surface area contributed by atoms with Crippen molar-refractivity contribution in [3.63, 3.8) is 0 Å². The van der Waals surface area contributed by atoms with Gasteiger partial charge in [0.25, 0.3) is 0 Å². The molecule has 0 N–H and O–H groups in total. The van der Waals surface area contributed by atoms with Crippen LogP contribution in [0.5, 0.6) is 0 Å². The highest BCUT2D eigenvalue weighted by Gasteiger charge is 2.41. The Morgan fingerprint density at radius 1 is 1.19 bits per heavy atom. The molecular formula is C13H7Cl2F6N3O2S. The number of rotatable bonds is 4. The van der Waals surface area contributed by atoms with E-state index in [2.05, 4.69) is 14.8 Å². The van der Waals surface area contributed by atoms with Gasteiger partial charge in [-0.15, -0.1) is 0 Å². The highest BCUT2D eigenvalue weighted by Crippen LogP contribution is 2.40. The van der Waals surface area contributed by atoms with E-state index in [9.17, 15) is 30.6 Å². The number of alkyl halides is 6. The van der Waals surface area contributed by atoms with Crippen LogP contribution in [0.25, 0.3) is 5.69 Å². The van der Waals surface area contributed by atoms with E-state index in [0.717, 1.165) is 13.5 Å². The summed E-state index contributed by atoms with van der Waals surface area (Å²) in [7, 11) is -2.38. The first-order chi connectivity index (χ1) is 12.4. The average Bonchev–Trinajstić information content (AvgIpc) is 2.93. The fourth-order valence-corrected chi connectivity index (χ4v) is 3.24. The number of benzene rings is 1. The van der Waals surface area contributed by atoms with Crippen molar-refractivity contribution in [2.75, 3.05) is 7.11 Å². The van der Waals surface area contributed by atoms with E-state index in [1.807, 2.05) is 0 Å². The van der Waals surface area contributed by atoms with Gasteiger partial charge in [-0.2, -0.15) is 36.4 Å². The van der Waals surface area contributed by atoms with Gasteiger partial charge in [-0.25, -0.2) is 8.89 Å². The molecule has 0 spiro atoms. The summed E-state index contributed by atoms with van der Waals surface area (Å²) in [6, 6.07) is 1.04. The van der Waals surface area contributed by atoms with Crippen LogP contribution < -0.4 is 0 Å². The van der Waals surface area contributed by atoms with Crippen molar-refractivity contribution in [3.05, 3.63) is 33.9 Å². The summed E-state index contributed by atoms with van der Waals surface area (Å²) in [5.74, 6) is -0.629. The second kappa shape index (κ2) is 7.68. The minimum atomic E-state index is -5.13. The minimum absolute atomic E-state index is 0.375. The molecule has 1 aromatic carbocycles. The van der Waals surface area contributed by atoms with Crippen LogP contribution >= 0.6 is 23.2 Å². The zero-order valence-electron chi connectivity index (χ0n) is 12.9. The van der Waals surface area contributed by atoms with Crippen molar-refractivity contribution >= 4 is 46.2 Å². The highest BCUT2D eigenvalue weighted by molar-refractivity contribution is 7.86. The smallest absolute Gasteiger partial charge is 0.476 e. The molecule has 0 fully saturated rings. The number of hydrogen-bond acceptors (Lipinski definition) is 4. The summed E-state index contributed by atoms with van der Waals surface area (Å²) in [6.45, 7) is 0. The first kappa shape index (κ1) is 21.5. The summed E-state index contributed by atoms with van der Waals surface area (Å²) in [5, 5.41) is 2.47. The largest absolute Gasteiger partial charge is 0.486 e. The third-order valence-corrected chi connectivity index (χ3v) is 4.64. The predicted octanol–water partition coefficient (Wildman–Crippen LogP) is 5.13. The molecule has 2 aromatic rings. The van der Waals surface area contributed by atoms with Crippen LogP contribution in [0.3, 0.4) is 0 Å². The van der Waals surface area contributed by atoms with Gasteiger partial charge >= 0.3 is 11.7 Å². The van der Waals surface area contributed by atoms with Crippen LogP contribution in [-0.2, 0) is 21.7 Å². The number of methoxy groups -OCH3 is 1. The van der Waals surface area contributed by atoms with Crippen molar-refractivity contribution < 1.29 is 35.3 Å². The predicted molar refractivity (Wildman–Crippen MR) is 86.2 cm³/mol. The maximum atomic E-state index is 12.8. The maximum absolute atomic E-state index is 12.8. The lowest BCUT2D eigenvalue weighted by atomic mass is 10.2. The van der Waals surface area contributed by atoms with E-state index >= 15 is 0 Å². The molecule has 2 rings (SSSR count). The first-order valence-corrected chi connectivity index (χ1v) is 8.47. The number of hydrogen-bond donors (Lipinski definition) is 0. The molecule has 148 valence electrons. The van der Waals surface area contributed by atoms with Gasteiger partial charge in [0.2, 0.25) is 0 Å². The van der Waals surface area contributed by atoms with Gasteiger partial charge in [-0.1, -0.05) is 23.2 Å². The molecule has 5 nitrogen and oxygen atoms in total. The lowest BCUT2D eigenvalue weighted by Gasteiger charge is -2.13. The highest BCUT2D eigenvalue weighted by atomic mass is 35.5. The zero-order valence-corrected chi connectivity index (χ0v) is 15.2. The fourth-order valence-electron chi connectivity index (χ4n) is 1.90. The zero-order chi connectivity index (χ0) is 20.6. The van der Waals surface area contributed by atoms with Crippen LogP contribution in [0.15, 0.2) is 28.2 Å². The lowest BCUT2D eigenvalue weighted by molar-refractivity contribution is -0.137. The number of aromatic nitrogens is 2. The second-order valence-corrected chi connectivity index (χ2v) is 6.97. The van der Waals surface area contributed by atoms with Gasteiger partial charge in [0.05, 0.1) is 28.9 Å². The number of halogens is 8. The van der Waals surface area contributed by atoms with E-state index in [4.69, 9.17) is 23.2 Å². The van der Waals surface area contributed by atoms with Gasteiger partial charge in [-0.05, 0) is 12.1 Å². The molecule has 1 heterocycles. The van der Waals surface area contributed by atoms with Gasteiger partial charge in [0, 0.05) is 0 Å². The Balaban J connectivity index is 2.71. The van der Waals surface area contributed by atoms with Crippen LogP contribution in [0.2, 0.25) is 10.0 Å². The summed E-state index contributed by atoms with van der Waals surface area (Å²) in [5.41, 5.74) is -6.67. The number of nitrogens with zero attached hydrogens (tertiary/aromatic N) is 3. The van der Waals surface area contributed by atoms with Crippen LogP contribution in [0.1, 0.15) is 5.56 Å². The molecule has 0 aliphatic carbocycles. The molecule has 1 aromatic heterocycles. The molecule has 14 heteroatoms. The molecule has 0 radical (unpaired) electrons. The van der Waals surface area contributed by atoms with Crippen LogP contribution in [0, 0.1) is 0 Å². The summed E-state index contributed by atoms with van der Waals surface area (Å²) in [4.78, 5) is 2.71. The molecule has 0 aliphatic heterocycles. The van der Waals surface area contributed by atoms with Crippen molar-refractivity contribution in [2.45, 2.75) is 16.6 Å². The quantitative estimate of drug-likeness (QED) is 0.366. The molecule has 1 atom stereocenters. The van der Waals surface area contributed by atoms with E-state index in [-0.39, 0.29) is 5.69 Å². The summed E-state index contributed by atoms with van der Waals surface area (Å²) in [6.07, 6.45) is -3.44. The van der Waals surface area contributed by atoms with Gasteiger partial charge < -0.3 is 4.74 Å². The molecule has 0 aliphatic rings. The molecule has 0 saturated carbocycles. The molecule has 0 amide bonds. The number of ether oxygens (including phenoxy) is 1. The Kier molecular flexibility index (Phi) is 6.12. The third-order valence-electron chi connectivity index (χ3n) is 2.96. The Labute approximate surface area is 160 Å². The fraction of sp³-hybridized carbons (Fsp3) is 0.231. The molecule has 0 saturated heterocycles. The number of aliphatic imine (C=N–C) groups is 1.